The highest BCUT2D eigenvalue weighted by molar-refractivity contribution is 14.2. The standard InChI is InChI=1S/C6H3IN2O7/c10-5-2-3(8(13)14)1-4(9(15)16)6(5)7(11)12/h1-2,10H. The summed E-state index contributed by atoms with van der Waals surface area (Å²) in [5, 5.41) is 30.0. The Balaban J connectivity index is 3.64. The fourth-order valence-electron chi connectivity index (χ4n) is 0.976. The average molecular weight is 342 g/mol. The third-order valence-corrected chi connectivity index (χ3v) is 3.57. The first-order valence-electron chi connectivity index (χ1n) is 3.55. The number of hydrogen-bond donors (Lipinski definition) is 1. The van der Waals surface area contributed by atoms with Crippen LogP contribution in [0, 0.1) is 23.8 Å². The lowest BCUT2D eigenvalue weighted by atomic mass is 10.2. The quantitative estimate of drug-likeness (QED) is 0.499. The number of nitrogens with zero attached hydrogens (tertiary/aromatic N) is 2. The van der Waals surface area contributed by atoms with Gasteiger partial charge in [-0.3, -0.25) is 20.2 Å². The number of nitro groups is 2. The Morgan fingerprint density at radius 3 is 2.06 bits per heavy atom. The lowest BCUT2D eigenvalue weighted by Gasteiger charge is -1.98. The van der Waals surface area contributed by atoms with E-state index >= 15 is 0 Å². The molecular formula is C6H3IN2O7. The van der Waals surface area contributed by atoms with Crippen molar-refractivity contribution in [1.29, 1.82) is 0 Å². The van der Waals surface area contributed by atoms with Crippen LogP contribution in [0.3, 0.4) is 0 Å². The van der Waals surface area contributed by atoms with E-state index in [-0.39, 0.29) is 0 Å². The molecule has 0 spiro atoms. The molecule has 16 heavy (non-hydrogen) atoms. The van der Waals surface area contributed by atoms with Crippen molar-refractivity contribution in [2.75, 3.05) is 0 Å². The van der Waals surface area contributed by atoms with Gasteiger partial charge in [0.2, 0.25) is 0 Å². The molecule has 0 aliphatic carbocycles. The first-order chi connectivity index (χ1) is 7.34. The lowest BCUT2D eigenvalue weighted by molar-refractivity contribution is -0.394. The molecule has 0 unspecified atom stereocenters. The van der Waals surface area contributed by atoms with Gasteiger partial charge in [0.25, 0.3) is 11.4 Å². The van der Waals surface area contributed by atoms with Gasteiger partial charge in [-0.2, -0.15) is 0 Å². The maximum absolute atomic E-state index is 10.7. The third-order valence-electron chi connectivity index (χ3n) is 1.58. The summed E-state index contributed by atoms with van der Waals surface area (Å²) in [5.41, 5.74) is -1.73. The Morgan fingerprint density at radius 1 is 1.12 bits per heavy atom. The predicted octanol–water partition coefficient (Wildman–Crippen LogP) is 1.58. The average Bonchev–Trinajstić information content (AvgIpc) is 2.15. The van der Waals surface area contributed by atoms with Crippen LogP contribution in [-0.4, -0.2) is 15.0 Å². The molecule has 0 heterocycles. The highest BCUT2D eigenvalue weighted by Crippen LogP contribution is 2.38. The Labute approximate surface area is 94.1 Å². The van der Waals surface area contributed by atoms with E-state index in [1.165, 1.54) is 0 Å². The van der Waals surface area contributed by atoms with Gasteiger partial charge in [0.1, 0.15) is 5.75 Å². The SMILES string of the molecule is O=[N+]([O-])c1cc(O)c(I(=O)=O)c([N+](=O)[O-])c1. The lowest BCUT2D eigenvalue weighted by Crippen LogP contribution is -1.96. The van der Waals surface area contributed by atoms with E-state index in [1.54, 1.807) is 0 Å². The van der Waals surface area contributed by atoms with Crippen molar-refractivity contribution in [1.82, 2.24) is 0 Å². The molecule has 0 aromatic heterocycles. The van der Waals surface area contributed by atoms with Crippen molar-refractivity contribution in [3.8, 4) is 5.75 Å². The van der Waals surface area contributed by atoms with Crippen molar-refractivity contribution in [3.63, 3.8) is 0 Å². The van der Waals surface area contributed by atoms with Crippen LogP contribution in [0.15, 0.2) is 12.1 Å². The Morgan fingerprint density at radius 2 is 1.69 bits per heavy atom. The maximum Gasteiger partial charge on any atom is 0.351 e. The van der Waals surface area contributed by atoms with Gasteiger partial charge in [-0.15, -0.1) is 0 Å². The summed E-state index contributed by atoms with van der Waals surface area (Å²) < 4.78 is 20.6. The van der Waals surface area contributed by atoms with Crippen molar-refractivity contribution in [2.45, 2.75) is 0 Å². The van der Waals surface area contributed by atoms with E-state index in [1.807, 2.05) is 0 Å². The summed E-state index contributed by atoms with van der Waals surface area (Å²) in [5.74, 6) is -0.976. The van der Waals surface area contributed by atoms with Gasteiger partial charge >= 0.3 is 19.8 Å². The van der Waals surface area contributed by atoms with E-state index in [2.05, 4.69) is 0 Å². The zero-order chi connectivity index (χ0) is 12.5. The number of nitro benzene ring substituents is 2. The van der Waals surface area contributed by atoms with Crippen LogP contribution < -0.4 is 0 Å². The summed E-state index contributed by atoms with van der Waals surface area (Å²) in [6.45, 7) is 0. The molecule has 1 aromatic carbocycles. The zero-order valence-electron chi connectivity index (χ0n) is 7.32. The monoisotopic (exact) mass is 342 g/mol. The van der Waals surface area contributed by atoms with E-state index in [9.17, 15) is 31.5 Å². The van der Waals surface area contributed by atoms with Gasteiger partial charge in [0.15, 0.2) is 3.57 Å². The van der Waals surface area contributed by atoms with Crippen molar-refractivity contribution >= 4 is 31.2 Å². The summed E-state index contributed by atoms with van der Waals surface area (Å²) in [6.07, 6.45) is 0. The smallest absolute Gasteiger partial charge is 0.351 e. The molecule has 1 N–H and O–H groups in total. The Bertz CT molecular complexity index is 542. The molecular weight excluding hydrogens is 339 g/mol. The van der Waals surface area contributed by atoms with Crippen molar-refractivity contribution in [2.24, 2.45) is 0 Å². The molecule has 1 rings (SSSR count). The first kappa shape index (κ1) is 12.2. The molecule has 0 atom stereocenters. The summed E-state index contributed by atoms with van der Waals surface area (Å²) in [4.78, 5) is 18.7. The molecule has 0 fully saturated rings. The second-order valence-electron chi connectivity index (χ2n) is 2.53. The van der Waals surface area contributed by atoms with Gasteiger partial charge in [0, 0.05) is 0 Å². The molecule has 0 aliphatic rings. The predicted molar refractivity (Wildman–Crippen MR) is 55.5 cm³/mol. The normalized spacial score (nSPS) is 10.3. The molecule has 0 saturated heterocycles. The van der Waals surface area contributed by atoms with Gasteiger partial charge in [-0.1, -0.05) is 0 Å². The van der Waals surface area contributed by atoms with Gasteiger partial charge in [-0.05, 0) is 0 Å². The summed E-state index contributed by atoms with van der Waals surface area (Å²) in [7, 11) is 0. The van der Waals surface area contributed by atoms with Gasteiger partial charge < -0.3 is 5.11 Å². The molecule has 0 aliphatic heterocycles. The second-order valence-corrected chi connectivity index (χ2v) is 4.85. The summed E-state index contributed by atoms with van der Waals surface area (Å²) in [6, 6.07) is 1.05. The van der Waals surface area contributed by atoms with Crippen LogP contribution >= 0.6 is 19.8 Å². The number of phenolic OH excluding ortho intramolecular Hbond substituents is 1. The molecule has 0 bridgehead atoms. The Kier molecular flexibility index (Phi) is 3.31. The third kappa shape index (κ3) is 2.21. The molecule has 9 nitrogen and oxygen atoms in total. The van der Waals surface area contributed by atoms with Gasteiger partial charge in [0.05, 0.1) is 22.0 Å². The largest absolute Gasteiger partial charge is 0.506 e. The first-order valence-corrected chi connectivity index (χ1v) is 6.39. The van der Waals surface area contributed by atoms with E-state index in [4.69, 9.17) is 0 Å². The van der Waals surface area contributed by atoms with E-state index < -0.39 is 50.3 Å². The zero-order valence-corrected chi connectivity index (χ0v) is 9.48. The molecule has 10 heteroatoms. The van der Waals surface area contributed by atoms with Crippen LogP contribution in [0.2, 0.25) is 0 Å². The van der Waals surface area contributed by atoms with Gasteiger partial charge in [-0.25, -0.2) is 6.14 Å². The molecule has 0 saturated carbocycles. The minimum absolute atomic E-state index is 0.495. The van der Waals surface area contributed by atoms with Crippen LogP contribution in [-0.2, 0) is 6.14 Å². The van der Waals surface area contributed by atoms with Crippen LogP contribution in [0.25, 0.3) is 0 Å². The number of halogens is 1. The Hall–Kier alpha value is -1.85. The number of rotatable bonds is 3. The van der Waals surface area contributed by atoms with E-state index in [0.29, 0.717) is 12.1 Å². The number of benzene rings is 1. The molecule has 0 radical (unpaired) electrons. The highest BCUT2D eigenvalue weighted by atomic mass is 127. The number of hydrogen-bond acceptors (Lipinski definition) is 7. The highest BCUT2D eigenvalue weighted by Gasteiger charge is 2.27. The maximum atomic E-state index is 10.7. The van der Waals surface area contributed by atoms with Crippen LogP contribution in [0.1, 0.15) is 0 Å². The number of non-ortho nitro benzene ring substituents is 1. The molecule has 86 valence electrons. The van der Waals surface area contributed by atoms with Crippen molar-refractivity contribution < 1.29 is 21.1 Å². The topological polar surface area (TPSA) is 141 Å². The van der Waals surface area contributed by atoms with Crippen LogP contribution in [0.5, 0.6) is 5.75 Å². The minimum atomic E-state index is -4.30. The number of phenols is 1. The molecule has 1 aromatic rings. The van der Waals surface area contributed by atoms with Crippen LogP contribution in [0.4, 0.5) is 11.4 Å². The summed E-state index contributed by atoms with van der Waals surface area (Å²) >= 11 is -4.30. The second kappa shape index (κ2) is 4.34. The minimum Gasteiger partial charge on any atom is -0.506 e. The van der Waals surface area contributed by atoms with Crippen molar-refractivity contribution in [3.05, 3.63) is 35.9 Å². The van der Waals surface area contributed by atoms with E-state index in [0.717, 1.165) is 0 Å². The fraction of sp³-hybridized carbons (Fsp3) is 0. The number of aromatic hydroxyl groups is 1. The molecule has 0 amide bonds. The fourth-order valence-corrected chi connectivity index (χ4v) is 2.39.